The minimum absolute atomic E-state index is 0.0320. The SMILES string of the molecule is CN(C)C(=O)Cn1c(-c2ccc(Oc3ccccc3)cc2)c(C2CCCCC2)c2sc(C(=O)O)cc21. The van der Waals surface area contributed by atoms with Crippen molar-refractivity contribution in [2.24, 2.45) is 0 Å². The minimum atomic E-state index is -0.930. The van der Waals surface area contributed by atoms with Gasteiger partial charge >= 0.3 is 5.97 Å². The lowest BCUT2D eigenvalue weighted by atomic mass is 9.83. The van der Waals surface area contributed by atoms with Crippen LogP contribution in [0.25, 0.3) is 21.5 Å². The molecule has 1 N–H and O–H groups in total. The standard InChI is InChI=1S/C29H30N2O4S/c1-30(2)25(32)18-31-23-17-24(29(33)34)36-28(23)26(19-9-5-3-6-10-19)27(31)20-13-15-22(16-14-20)35-21-11-7-4-8-12-21/h4,7-8,11-17,19H,3,5-6,9-10,18H2,1-2H3,(H,33,34). The van der Waals surface area contributed by atoms with Crippen molar-refractivity contribution in [3.8, 4) is 22.8 Å². The number of hydrogen-bond donors (Lipinski definition) is 1. The maximum Gasteiger partial charge on any atom is 0.345 e. The summed E-state index contributed by atoms with van der Waals surface area (Å²) >= 11 is 1.33. The van der Waals surface area contributed by atoms with Gasteiger partial charge in [-0.05, 0) is 72.4 Å². The number of thiophene rings is 1. The summed E-state index contributed by atoms with van der Waals surface area (Å²) in [7, 11) is 3.49. The third-order valence-electron chi connectivity index (χ3n) is 6.90. The summed E-state index contributed by atoms with van der Waals surface area (Å²) in [4.78, 5) is 26.6. The number of aromatic carboxylic acids is 1. The Morgan fingerprint density at radius 1 is 1.00 bits per heavy atom. The second-order valence-electron chi connectivity index (χ2n) is 9.54. The number of carboxylic acids is 1. The number of carbonyl (C=O) groups excluding carboxylic acids is 1. The molecular formula is C29H30N2O4S. The van der Waals surface area contributed by atoms with Crippen LogP contribution in [0.5, 0.6) is 11.5 Å². The molecule has 0 atom stereocenters. The van der Waals surface area contributed by atoms with E-state index in [1.165, 1.54) is 23.3 Å². The highest BCUT2D eigenvalue weighted by Crippen LogP contribution is 2.47. The van der Waals surface area contributed by atoms with Gasteiger partial charge in [-0.2, -0.15) is 0 Å². The first-order valence-corrected chi connectivity index (χ1v) is 13.2. The van der Waals surface area contributed by atoms with E-state index in [0.29, 0.717) is 10.8 Å². The summed E-state index contributed by atoms with van der Waals surface area (Å²) in [6.45, 7) is 0.156. The Kier molecular flexibility index (Phi) is 6.83. The molecule has 4 aromatic rings. The number of aromatic nitrogens is 1. The van der Waals surface area contributed by atoms with Crippen molar-refractivity contribution in [2.45, 2.75) is 44.6 Å². The van der Waals surface area contributed by atoms with Crippen LogP contribution in [0.2, 0.25) is 0 Å². The summed E-state index contributed by atoms with van der Waals surface area (Å²) in [5, 5.41) is 9.72. The number of nitrogens with zero attached hydrogens (tertiary/aromatic N) is 2. The first-order chi connectivity index (χ1) is 17.4. The molecule has 186 valence electrons. The van der Waals surface area contributed by atoms with Gasteiger partial charge in [0.25, 0.3) is 0 Å². The van der Waals surface area contributed by atoms with Crippen LogP contribution in [-0.2, 0) is 11.3 Å². The fourth-order valence-corrected chi connectivity index (χ4v) is 6.21. The van der Waals surface area contributed by atoms with Crippen molar-refractivity contribution in [2.75, 3.05) is 14.1 Å². The van der Waals surface area contributed by atoms with Crippen LogP contribution in [0.1, 0.15) is 53.3 Å². The van der Waals surface area contributed by atoms with Crippen LogP contribution in [0.15, 0.2) is 60.7 Å². The normalized spacial score (nSPS) is 14.2. The Balaban J connectivity index is 1.65. The molecule has 6 nitrogen and oxygen atoms in total. The van der Waals surface area contributed by atoms with E-state index in [1.54, 1.807) is 25.1 Å². The Morgan fingerprint density at radius 2 is 1.67 bits per heavy atom. The van der Waals surface area contributed by atoms with Gasteiger partial charge < -0.3 is 19.3 Å². The number of amides is 1. The van der Waals surface area contributed by atoms with Crippen LogP contribution in [0, 0.1) is 0 Å². The average molecular weight is 503 g/mol. The second kappa shape index (κ2) is 10.2. The molecule has 0 spiro atoms. The average Bonchev–Trinajstić information content (AvgIpc) is 3.44. The topological polar surface area (TPSA) is 71.8 Å². The summed E-state index contributed by atoms with van der Waals surface area (Å²) in [5.41, 5.74) is 4.03. The van der Waals surface area contributed by atoms with Gasteiger partial charge in [-0.15, -0.1) is 11.3 Å². The van der Waals surface area contributed by atoms with Gasteiger partial charge in [0.1, 0.15) is 22.9 Å². The molecule has 2 aromatic heterocycles. The van der Waals surface area contributed by atoms with Crippen molar-refractivity contribution in [3.05, 3.63) is 71.1 Å². The molecule has 1 aliphatic rings. The van der Waals surface area contributed by atoms with E-state index < -0.39 is 5.97 Å². The Morgan fingerprint density at radius 3 is 2.31 bits per heavy atom. The summed E-state index contributed by atoms with van der Waals surface area (Å²) in [5.74, 6) is 0.889. The molecule has 36 heavy (non-hydrogen) atoms. The predicted molar refractivity (Wildman–Crippen MR) is 143 cm³/mol. The quantitative estimate of drug-likeness (QED) is 0.295. The van der Waals surface area contributed by atoms with Gasteiger partial charge in [0.15, 0.2) is 0 Å². The van der Waals surface area contributed by atoms with E-state index in [1.807, 2.05) is 59.2 Å². The Bertz CT molecular complexity index is 1380. The second-order valence-corrected chi connectivity index (χ2v) is 10.6. The van der Waals surface area contributed by atoms with Crippen molar-refractivity contribution >= 4 is 33.4 Å². The number of ether oxygens (including phenoxy) is 1. The smallest absolute Gasteiger partial charge is 0.345 e. The van der Waals surface area contributed by atoms with Crippen LogP contribution in [-0.4, -0.2) is 40.5 Å². The first kappa shape index (κ1) is 24.1. The first-order valence-electron chi connectivity index (χ1n) is 12.3. The molecule has 7 heteroatoms. The van der Waals surface area contributed by atoms with Gasteiger partial charge in [0.05, 0.1) is 15.9 Å². The molecule has 2 heterocycles. The maximum absolute atomic E-state index is 12.9. The number of hydrogen-bond acceptors (Lipinski definition) is 4. The predicted octanol–water partition coefficient (Wildman–Crippen LogP) is 7.00. The lowest BCUT2D eigenvalue weighted by Crippen LogP contribution is -2.26. The lowest BCUT2D eigenvalue weighted by molar-refractivity contribution is -0.129. The van der Waals surface area contributed by atoms with Crippen molar-refractivity contribution < 1.29 is 19.4 Å². The van der Waals surface area contributed by atoms with Crippen LogP contribution in [0.4, 0.5) is 0 Å². The molecule has 5 rings (SSSR count). The summed E-state index contributed by atoms with van der Waals surface area (Å²) in [6.07, 6.45) is 5.69. The molecule has 0 bridgehead atoms. The highest BCUT2D eigenvalue weighted by molar-refractivity contribution is 7.21. The van der Waals surface area contributed by atoms with E-state index >= 15 is 0 Å². The van der Waals surface area contributed by atoms with Gasteiger partial charge in [-0.1, -0.05) is 37.5 Å². The number of rotatable bonds is 7. The Hall–Kier alpha value is -3.58. The number of fused-ring (bicyclic) bond motifs is 1. The maximum atomic E-state index is 12.9. The van der Waals surface area contributed by atoms with E-state index in [4.69, 9.17) is 4.74 Å². The molecule has 0 aliphatic heterocycles. The summed E-state index contributed by atoms with van der Waals surface area (Å²) < 4.78 is 9.01. The fraction of sp³-hybridized carbons (Fsp3) is 0.310. The zero-order chi connectivity index (χ0) is 25.2. The van der Waals surface area contributed by atoms with Crippen LogP contribution >= 0.6 is 11.3 Å². The van der Waals surface area contributed by atoms with Crippen LogP contribution in [0.3, 0.4) is 0 Å². The van der Waals surface area contributed by atoms with Gasteiger partial charge in [0.2, 0.25) is 5.91 Å². The monoisotopic (exact) mass is 502 g/mol. The molecule has 0 saturated heterocycles. The molecule has 1 saturated carbocycles. The molecule has 1 aliphatic carbocycles. The van der Waals surface area contributed by atoms with Crippen LogP contribution < -0.4 is 4.74 Å². The zero-order valence-electron chi connectivity index (χ0n) is 20.6. The van der Waals surface area contributed by atoms with Gasteiger partial charge in [-0.3, -0.25) is 4.79 Å². The number of carbonyl (C=O) groups is 2. The number of likely N-dealkylation sites (N-methyl/N-ethyl adjacent to an activating group) is 1. The van der Waals surface area contributed by atoms with Crippen molar-refractivity contribution in [1.29, 1.82) is 0 Å². The Labute approximate surface area is 214 Å². The number of para-hydroxylation sites is 1. The molecule has 1 amide bonds. The lowest BCUT2D eigenvalue weighted by Gasteiger charge is -2.24. The minimum Gasteiger partial charge on any atom is -0.477 e. The molecule has 0 radical (unpaired) electrons. The summed E-state index contributed by atoms with van der Waals surface area (Å²) in [6, 6.07) is 19.4. The highest BCUT2D eigenvalue weighted by atomic mass is 32.1. The molecule has 1 fully saturated rings. The molecule has 2 aromatic carbocycles. The molecule has 0 unspecified atom stereocenters. The third-order valence-corrected chi connectivity index (χ3v) is 8.04. The number of carboxylic acid groups (broad SMARTS) is 1. The molecular weight excluding hydrogens is 472 g/mol. The van der Waals surface area contributed by atoms with E-state index in [-0.39, 0.29) is 12.5 Å². The largest absolute Gasteiger partial charge is 0.477 e. The third kappa shape index (κ3) is 4.75. The van der Waals surface area contributed by atoms with E-state index in [0.717, 1.165) is 58.7 Å². The van der Waals surface area contributed by atoms with E-state index in [2.05, 4.69) is 0 Å². The highest BCUT2D eigenvalue weighted by Gasteiger charge is 2.29. The van der Waals surface area contributed by atoms with Crippen molar-refractivity contribution in [1.82, 2.24) is 9.47 Å². The zero-order valence-corrected chi connectivity index (χ0v) is 21.4. The number of benzene rings is 2. The van der Waals surface area contributed by atoms with Gasteiger partial charge in [0, 0.05) is 14.1 Å². The van der Waals surface area contributed by atoms with E-state index in [9.17, 15) is 14.7 Å². The van der Waals surface area contributed by atoms with Gasteiger partial charge in [-0.25, -0.2) is 4.79 Å². The fourth-order valence-electron chi connectivity index (χ4n) is 5.08. The van der Waals surface area contributed by atoms with Crippen molar-refractivity contribution in [3.63, 3.8) is 0 Å².